The molecule has 0 atom stereocenters. The predicted molar refractivity (Wildman–Crippen MR) is 77.2 cm³/mol. The van der Waals surface area contributed by atoms with Gasteiger partial charge in [-0.25, -0.2) is 4.98 Å². The van der Waals surface area contributed by atoms with Gasteiger partial charge in [-0.3, -0.25) is 0 Å². The molecule has 2 aromatic carbocycles. The number of ether oxygens (including phenoxy) is 1. The molecule has 0 aliphatic rings. The van der Waals surface area contributed by atoms with E-state index in [1.54, 1.807) is 18.3 Å². The first-order chi connectivity index (χ1) is 9.86. The van der Waals surface area contributed by atoms with Gasteiger partial charge in [0.1, 0.15) is 6.61 Å². The van der Waals surface area contributed by atoms with E-state index in [-0.39, 0.29) is 0 Å². The standard InChI is InChI=1S/C17H12N2O/c18-11-13-5-7-14(8-6-13)12-20-17-16-4-2-1-3-15(16)9-10-19-17/h1-10H,12H2. The number of rotatable bonds is 3. The number of hydrogen-bond donors (Lipinski definition) is 0. The molecule has 0 radical (unpaired) electrons. The number of pyridine rings is 1. The third kappa shape index (κ3) is 2.45. The highest BCUT2D eigenvalue weighted by molar-refractivity contribution is 5.86. The summed E-state index contributed by atoms with van der Waals surface area (Å²) in [7, 11) is 0. The van der Waals surface area contributed by atoms with Crippen LogP contribution < -0.4 is 4.74 Å². The van der Waals surface area contributed by atoms with Crippen LogP contribution in [0.3, 0.4) is 0 Å². The summed E-state index contributed by atoms with van der Waals surface area (Å²) in [6, 6.07) is 19.4. The molecule has 3 nitrogen and oxygen atoms in total. The van der Waals surface area contributed by atoms with Crippen LogP contribution in [0.4, 0.5) is 0 Å². The first-order valence-electron chi connectivity index (χ1n) is 6.32. The second-order valence-corrected chi connectivity index (χ2v) is 4.43. The minimum atomic E-state index is 0.437. The zero-order chi connectivity index (χ0) is 13.8. The van der Waals surface area contributed by atoms with Crippen molar-refractivity contribution in [3.05, 3.63) is 71.9 Å². The lowest BCUT2D eigenvalue weighted by Gasteiger charge is -2.08. The Morgan fingerprint density at radius 2 is 1.80 bits per heavy atom. The van der Waals surface area contributed by atoms with Gasteiger partial charge >= 0.3 is 0 Å². The van der Waals surface area contributed by atoms with Crippen LogP contribution in [-0.4, -0.2) is 4.98 Å². The number of aromatic nitrogens is 1. The van der Waals surface area contributed by atoms with Crippen LogP contribution in [0.2, 0.25) is 0 Å². The zero-order valence-electron chi connectivity index (χ0n) is 10.8. The molecule has 0 aliphatic heterocycles. The first-order valence-corrected chi connectivity index (χ1v) is 6.32. The van der Waals surface area contributed by atoms with Crippen molar-refractivity contribution < 1.29 is 4.74 Å². The topological polar surface area (TPSA) is 45.9 Å². The molecule has 0 fully saturated rings. The quantitative estimate of drug-likeness (QED) is 0.721. The molecule has 0 spiro atoms. The van der Waals surface area contributed by atoms with Gasteiger partial charge in [-0.05, 0) is 35.2 Å². The molecule has 3 heteroatoms. The van der Waals surface area contributed by atoms with E-state index in [4.69, 9.17) is 10.00 Å². The lowest BCUT2D eigenvalue weighted by atomic mass is 10.1. The second kappa shape index (κ2) is 5.41. The van der Waals surface area contributed by atoms with Crippen molar-refractivity contribution in [3.63, 3.8) is 0 Å². The van der Waals surface area contributed by atoms with Crippen molar-refractivity contribution in [1.29, 1.82) is 5.26 Å². The van der Waals surface area contributed by atoms with E-state index in [1.165, 1.54) is 0 Å². The van der Waals surface area contributed by atoms with Gasteiger partial charge in [0.15, 0.2) is 0 Å². The summed E-state index contributed by atoms with van der Waals surface area (Å²) < 4.78 is 5.78. The molecular formula is C17H12N2O. The van der Waals surface area contributed by atoms with Gasteiger partial charge in [0.05, 0.1) is 11.6 Å². The van der Waals surface area contributed by atoms with Gasteiger partial charge in [0, 0.05) is 11.6 Å². The third-order valence-electron chi connectivity index (χ3n) is 3.10. The maximum absolute atomic E-state index is 8.76. The van der Waals surface area contributed by atoms with Gasteiger partial charge in [-0.1, -0.05) is 30.3 Å². The van der Waals surface area contributed by atoms with Crippen LogP contribution in [0, 0.1) is 11.3 Å². The minimum absolute atomic E-state index is 0.437. The highest BCUT2D eigenvalue weighted by Crippen LogP contribution is 2.23. The SMILES string of the molecule is N#Cc1ccc(COc2nccc3ccccc23)cc1. The molecule has 1 heterocycles. The number of nitriles is 1. The smallest absolute Gasteiger partial charge is 0.221 e. The van der Waals surface area contributed by atoms with Crippen LogP contribution in [0.1, 0.15) is 11.1 Å². The Bertz CT molecular complexity index is 768. The number of fused-ring (bicyclic) bond motifs is 1. The lowest BCUT2D eigenvalue weighted by molar-refractivity contribution is 0.298. The van der Waals surface area contributed by atoms with Gasteiger partial charge in [-0.15, -0.1) is 0 Å². The Balaban J connectivity index is 1.81. The summed E-state index contributed by atoms with van der Waals surface area (Å²) in [5, 5.41) is 10.9. The predicted octanol–water partition coefficient (Wildman–Crippen LogP) is 3.69. The zero-order valence-corrected chi connectivity index (χ0v) is 10.8. The van der Waals surface area contributed by atoms with Crippen molar-refractivity contribution in [2.24, 2.45) is 0 Å². The average molecular weight is 260 g/mol. The van der Waals surface area contributed by atoms with Crippen molar-refractivity contribution in [3.8, 4) is 11.9 Å². The molecule has 0 saturated carbocycles. The van der Waals surface area contributed by atoms with Crippen molar-refractivity contribution in [2.75, 3.05) is 0 Å². The minimum Gasteiger partial charge on any atom is -0.472 e. The van der Waals surface area contributed by atoms with Gasteiger partial charge in [0.2, 0.25) is 5.88 Å². The highest BCUT2D eigenvalue weighted by Gasteiger charge is 2.03. The fraction of sp³-hybridized carbons (Fsp3) is 0.0588. The fourth-order valence-corrected chi connectivity index (χ4v) is 2.03. The fourth-order valence-electron chi connectivity index (χ4n) is 2.03. The van der Waals surface area contributed by atoms with E-state index in [0.717, 1.165) is 16.3 Å². The van der Waals surface area contributed by atoms with Crippen molar-refractivity contribution in [1.82, 2.24) is 4.98 Å². The molecule has 0 saturated heterocycles. The van der Waals surface area contributed by atoms with Crippen LogP contribution in [0.15, 0.2) is 60.8 Å². The summed E-state index contributed by atoms with van der Waals surface area (Å²) in [4.78, 5) is 4.28. The third-order valence-corrected chi connectivity index (χ3v) is 3.10. The molecule has 20 heavy (non-hydrogen) atoms. The monoisotopic (exact) mass is 260 g/mol. The largest absolute Gasteiger partial charge is 0.472 e. The molecule has 0 amide bonds. The summed E-state index contributed by atoms with van der Waals surface area (Å²) in [6.45, 7) is 0.437. The first kappa shape index (κ1) is 12.2. The van der Waals surface area contributed by atoms with Gasteiger partial charge in [-0.2, -0.15) is 5.26 Å². The van der Waals surface area contributed by atoms with Crippen molar-refractivity contribution in [2.45, 2.75) is 6.61 Å². The Morgan fingerprint density at radius 1 is 1.00 bits per heavy atom. The van der Waals surface area contributed by atoms with E-state index in [1.807, 2.05) is 42.5 Å². The van der Waals surface area contributed by atoms with Crippen LogP contribution in [0.25, 0.3) is 10.8 Å². The number of nitrogens with zero attached hydrogens (tertiary/aromatic N) is 2. The Morgan fingerprint density at radius 3 is 2.60 bits per heavy atom. The van der Waals surface area contributed by atoms with Crippen LogP contribution >= 0.6 is 0 Å². The molecule has 1 aromatic heterocycles. The van der Waals surface area contributed by atoms with Crippen molar-refractivity contribution >= 4 is 10.8 Å². The molecule has 0 unspecified atom stereocenters. The molecule has 3 rings (SSSR count). The number of hydrogen-bond acceptors (Lipinski definition) is 3. The second-order valence-electron chi connectivity index (χ2n) is 4.43. The van der Waals surface area contributed by atoms with Gasteiger partial charge < -0.3 is 4.74 Å². The summed E-state index contributed by atoms with van der Waals surface area (Å²) in [6.07, 6.45) is 1.75. The van der Waals surface area contributed by atoms with E-state index >= 15 is 0 Å². The maximum Gasteiger partial charge on any atom is 0.221 e. The average Bonchev–Trinajstić information content (AvgIpc) is 2.53. The Labute approximate surface area is 117 Å². The summed E-state index contributed by atoms with van der Waals surface area (Å²) in [5.41, 5.74) is 1.66. The Kier molecular flexibility index (Phi) is 3.30. The normalized spacial score (nSPS) is 10.2. The molecule has 0 aliphatic carbocycles. The molecule has 0 bridgehead atoms. The van der Waals surface area contributed by atoms with E-state index in [9.17, 15) is 0 Å². The summed E-state index contributed by atoms with van der Waals surface area (Å²) >= 11 is 0. The van der Waals surface area contributed by atoms with Gasteiger partial charge in [0.25, 0.3) is 0 Å². The highest BCUT2D eigenvalue weighted by atomic mass is 16.5. The number of benzene rings is 2. The van der Waals surface area contributed by atoms with E-state index in [0.29, 0.717) is 18.1 Å². The molecule has 3 aromatic rings. The van der Waals surface area contributed by atoms with Crippen LogP contribution in [-0.2, 0) is 6.61 Å². The lowest BCUT2D eigenvalue weighted by Crippen LogP contribution is -1.97. The summed E-state index contributed by atoms with van der Waals surface area (Å²) in [5.74, 6) is 0.632. The Hall–Kier alpha value is -2.86. The van der Waals surface area contributed by atoms with Crippen LogP contribution in [0.5, 0.6) is 5.88 Å². The molecule has 96 valence electrons. The maximum atomic E-state index is 8.76. The molecular weight excluding hydrogens is 248 g/mol. The van der Waals surface area contributed by atoms with E-state index < -0.39 is 0 Å². The molecule has 0 N–H and O–H groups in total. The van der Waals surface area contributed by atoms with E-state index in [2.05, 4.69) is 11.1 Å².